The molecule has 1 fully saturated rings. The van der Waals surface area contributed by atoms with Gasteiger partial charge in [0.25, 0.3) is 5.91 Å². The third-order valence-corrected chi connectivity index (χ3v) is 5.07. The lowest BCUT2D eigenvalue weighted by Gasteiger charge is -2.43. The molecule has 1 aliphatic carbocycles. The molecular weight excluding hydrogens is 328 g/mol. The average Bonchev–Trinajstić information content (AvgIpc) is 2.71. The van der Waals surface area contributed by atoms with Gasteiger partial charge in [0.05, 0.1) is 0 Å². The maximum Gasteiger partial charge on any atom is 0.254 e. The Hall–Kier alpha value is -0.970. The smallest absolute Gasteiger partial charge is 0.254 e. The highest BCUT2D eigenvalue weighted by atomic mass is 79.9. The molecule has 0 aromatic heterocycles. The Morgan fingerprint density at radius 1 is 1.20 bits per heavy atom. The van der Waals surface area contributed by atoms with Gasteiger partial charge in [0.1, 0.15) is 0 Å². The molecule has 20 heavy (non-hydrogen) atoms. The molecule has 1 saturated carbocycles. The van der Waals surface area contributed by atoms with Gasteiger partial charge in [-0.25, -0.2) is 8.78 Å². The van der Waals surface area contributed by atoms with Crippen molar-refractivity contribution in [2.45, 2.75) is 50.6 Å². The van der Waals surface area contributed by atoms with Crippen LogP contribution < -0.4 is 0 Å². The highest BCUT2D eigenvalue weighted by molar-refractivity contribution is 9.10. The normalized spacial score (nSPS) is 23.8. The van der Waals surface area contributed by atoms with Crippen molar-refractivity contribution in [3.8, 4) is 0 Å². The quantitative estimate of drug-likeness (QED) is 0.741. The van der Waals surface area contributed by atoms with E-state index in [0.29, 0.717) is 24.9 Å². The molecule has 0 bridgehead atoms. The summed E-state index contributed by atoms with van der Waals surface area (Å²) in [7, 11) is 0. The van der Waals surface area contributed by atoms with E-state index in [9.17, 15) is 13.6 Å². The molecule has 3 rings (SSSR count). The minimum atomic E-state index is -2.57. The van der Waals surface area contributed by atoms with Crippen LogP contribution in [0.2, 0.25) is 0 Å². The number of rotatable bonds is 1. The number of carbonyl (C=O) groups excluding carboxylic acids is 1. The molecule has 0 N–H and O–H groups in total. The van der Waals surface area contributed by atoms with Gasteiger partial charge >= 0.3 is 0 Å². The van der Waals surface area contributed by atoms with Crippen LogP contribution in [0.25, 0.3) is 0 Å². The molecule has 1 amide bonds. The molecule has 0 atom stereocenters. The van der Waals surface area contributed by atoms with E-state index in [1.54, 1.807) is 4.90 Å². The molecule has 2 aliphatic rings. The largest absolute Gasteiger partial charge is 0.329 e. The van der Waals surface area contributed by atoms with Gasteiger partial charge in [-0.2, -0.15) is 0 Å². The standard InChI is InChI=1S/C15H16BrF2NO/c1-14(4-6-15(17,18)7-5-14)19-9-10-8-11(16)2-3-12(10)13(19)20/h2-3,8H,4-7,9H2,1H3. The topological polar surface area (TPSA) is 20.3 Å². The van der Waals surface area contributed by atoms with Gasteiger partial charge in [-0.05, 0) is 43.5 Å². The number of fused-ring (bicyclic) bond motifs is 1. The number of carbonyl (C=O) groups is 1. The Labute approximate surface area is 125 Å². The Morgan fingerprint density at radius 3 is 2.50 bits per heavy atom. The number of hydrogen-bond acceptors (Lipinski definition) is 1. The number of hydrogen-bond donors (Lipinski definition) is 0. The van der Waals surface area contributed by atoms with Gasteiger partial charge in [-0.3, -0.25) is 4.79 Å². The van der Waals surface area contributed by atoms with E-state index in [0.717, 1.165) is 10.0 Å². The first-order valence-electron chi connectivity index (χ1n) is 6.79. The first kappa shape index (κ1) is 14.0. The fourth-order valence-electron chi connectivity index (χ4n) is 3.15. The van der Waals surface area contributed by atoms with Crippen LogP contribution in [0.5, 0.6) is 0 Å². The van der Waals surface area contributed by atoms with E-state index in [-0.39, 0.29) is 18.7 Å². The van der Waals surface area contributed by atoms with Crippen LogP contribution in [0, 0.1) is 0 Å². The molecule has 1 aliphatic heterocycles. The summed E-state index contributed by atoms with van der Waals surface area (Å²) in [5, 5.41) is 0. The summed E-state index contributed by atoms with van der Waals surface area (Å²) in [6.45, 7) is 2.46. The van der Waals surface area contributed by atoms with Crippen molar-refractivity contribution in [2.75, 3.05) is 0 Å². The van der Waals surface area contributed by atoms with Crippen LogP contribution in [-0.4, -0.2) is 22.3 Å². The molecule has 0 spiro atoms. The minimum Gasteiger partial charge on any atom is -0.329 e. The zero-order valence-corrected chi connectivity index (χ0v) is 12.8. The van der Waals surface area contributed by atoms with Crippen molar-refractivity contribution in [3.05, 3.63) is 33.8 Å². The van der Waals surface area contributed by atoms with Crippen molar-refractivity contribution in [1.82, 2.24) is 4.90 Å². The average molecular weight is 344 g/mol. The molecule has 0 saturated heterocycles. The Bertz CT molecular complexity index is 563. The van der Waals surface area contributed by atoms with Gasteiger partial charge in [0.2, 0.25) is 5.92 Å². The number of halogens is 3. The summed E-state index contributed by atoms with van der Waals surface area (Å²) in [4.78, 5) is 14.3. The van der Waals surface area contributed by atoms with Crippen LogP contribution >= 0.6 is 15.9 Å². The molecule has 0 radical (unpaired) electrons. The van der Waals surface area contributed by atoms with E-state index in [2.05, 4.69) is 15.9 Å². The maximum absolute atomic E-state index is 13.3. The third kappa shape index (κ3) is 2.26. The zero-order chi connectivity index (χ0) is 14.5. The highest BCUT2D eigenvalue weighted by Gasteiger charge is 2.47. The van der Waals surface area contributed by atoms with Gasteiger partial charge in [0.15, 0.2) is 0 Å². The van der Waals surface area contributed by atoms with Crippen molar-refractivity contribution < 1.29 is 13.6 Å². The Kier molecular flexibility index (Phi) is 3.16. The molecule has 108 valence electrons. The lowest BCUT2D eigenvalue weighted by atomic mass is 9.80. The molecule has 1 aromatic carbocycles. The number of amides is 1. The number of alkyl halides is 2. The number of benzene rings is 1. The second-order valence-corrected chi connectivity index (χ2v) is 6.96. The fourth-order valence-corrected chi connectivity index (χ4v) is 3.56. The Morgan fingerprint density at radius 2 is 1.85 bits per heavy atom. The SMILES string of the molecule is CC1(N2Cc3cc(Br)ccc3C2=O)CCC(F)(F)CC1. The fraction of sp³-hybridized carbons (Fsp3) is 0.533. The van der Waals surface area contributed by atoms with Crippen molar-refractivity contribution in [1.29, 1.82) is 0 Å². The summed E-state index contributed by atoms with van der Waals surface area (Å²) in [6, 6.07) is 5.59. The van der Waals surface area contributed by atoms with E-state index < -0.39 is 11.5 Å². The maximum atomic E-state index is 13.3. The molecule has 0 unspecified atom stereocenters. The molecular formula is C15H16BrF2NO. The summed E-state index contributed by atoms with van der Waals surface area (Å²) in [5.74, 6) is -2.60. The van der Waals surface area contributed by atoms with Crippen molar-refractivity contribution in [2.24, 2.45) is 0 Å². The predicted molar refractivity (Wildman–Crippen MR) is 75.8 cm³/mol. The summed E-state index contributed by atoms with van der Waals surface area (Å²) in [6.07, 6.45) is 0.461. The van der Waals surface area contributed by atoms with Crippen LogP contribution in [0.4, 0.5) is 8.78 Å². The van der Waals surface area contributed by atoms with Crippen LogP contribution in [0.1, 0.15) is 48.5 Å². The second-order valence-electron chi connectivity index (χ2n) is 6.05. The van der Waals surface area contributed by atoms with Crippen LogP contribution in [0.3, 0.4) is 0 Å². The first-order valence-corrected chi connectivity index (χ1v) is 7.58. The first-order chi connectivity index (χ1) is 9.31. The summed E-state index contributed by atoms with van der Waals surface area (Å²) >= 11 is 3.40. The monoisotopic (exact) mass is 343 g/mol. The molecule has 1 aromatic rings. The van der Waals surface area contributed by atoms with Crippen LogP contribution in [-0.2, 0) is 6.54 Å². The lowest BCUT2D eigenvalue weighted by Crippen LogP contribution is -2.50. The van der Waals surface area contributed by atoms with Gasteiger partial charge in [0, 0.05) is 35.0 Å². The van der Waals surface area contributed by atoms with Crippen molar-refractivity contribution >= 4 is 21.8 Å². The second kappa shape index (κ2) is 4.52. The van der Waals surface area contributed by atoms with E-state index in [4.69, 9.17) is 0 Å². The molecule has 5 heteroatoms. The molecule has 1 heterocycles. The summed E-state index contributed by atoms with van der Waals surface area (Å²) in [5.41, 5.74) is 1.22. The van der Waals surface area contributed by atoms with E-state index in [1.807, 2.05) is 25.1 Å². The van der Waals surface area contributed by atoms with E-state index >= 15 is 0 Å². The van der Waals surface area contributed by atoms with E-state index in [1.165, 1.54) is 0 Å². The highest BCUT2D eigenvalue weighted by Crippen LogP contribution is 2.44. The van der Waals surface area contributed by atoms with Crippen LogP contribution in [0.15, 0.2) is 22.7 Å². The Balaban J connectivity index is 1.85. The molecule has 2 nitrogen and oxygen atoms in total. The summed E-state index contributed by atoms with van der Waals surface area (Å²) < 4.78 is 27.6. The van der Waals surface area contributed by atoms with Crippen molar-refractivity contribution in [3.63, 3.8) is 0 Å². The zero-order valence-electron chi connectivity index (χ0n) is 11.3. The number of nitrogens with zero attached hydrogens (tertiary/aromatic N) is 1. The van der Waals surface area contributed by atoms with Gasteiger partial charge < -0.3 is 4.90 Å². The third-order valence-electron chi connectivity index (χ3n) is 4.58. The van der Waals surface area contributed by atoms with Gasteiger partial charge in [-0.15, -0.1) is 0 Å². The predicted octanol–water partition coefficient (Wildman–Crippen LogP) is 4.37. The minimum absolute atomic E-state index is 0.0276. The van der Waals surface area contributed by atoms with Gasteiger partial charge in [-0.1, -0.05) is 15.9 Å². The lowest BCUT2D eigenvalue weighted by molar-refractivity contribution is -0.0718.